The van der Waals surface area contributed by atoms with E-state index in [1.807, 2.05) is 27.7 Å². The van der Waals surface area contributed by atoms with E-state index in [1.54, 1.807) is 0 Å². The van der Waals surface area contributed by atoms with Crippen LogP contribution >= 0.6 is 11.5 Å². The first-order valence-electron chi connectivity index (χ1n) is 4.80. The zero-order valence-electron chi connectivity index (χ0n) is 9.39. The summed E-state index contributed by atoms with van der Waals surface area (Å²) in [5.74, 6) is 0.690. The Morgan fingerprint density at radius 3 is 2.60 bits per heavy atom. The monoisotopic (exact) mass is 228 g/mol. The lowest BCUT2D eigenvalue weighted by atomic mass is 10.2. The lowest BCUT2D eigenvalue weighted by molar-refractivity contribution is 0.0729. The van der Waals surface area contributed by atoms with Crippen molar-refractivity contribution < 1.29 is 4.84 Å². The number of aromatic nitrogens is 2. The van der Waals surface area contributed by atoms with Crippen molar-refractivity contribution in [1.82, 2.24) is 9.59 Å². The minimum atomic E-state index is -0.151. The van der Waals surface area contributed by atoms with Crippen molar-refractivity contribution in [1.29, 1.82) is 0 Å². The molecule has 0 radical (unpaired) electrons. The predicted molar refractivity (Wildman–Crippen MR) is 60.6 cm³/mol. The summed E-state index contributed by atoms with van der Waals surface area (Å²) >= 11 is 1.32. The summed E-state index contributed by atoms with van der Waals surface area (Å²) < 4.78 is 3.84. The lowest BCUT2D eigenvalue weighted by Crippen LogP contribution is -2.19. The molecule has 0 saturated carbocycles. The van der Waals surface area contributed by atoms with Crippen molar-refractivity contribution in [2.24, 2.45) is 16.8 Å². The maximum Gasteiger partial charge on any atom is 0.162 e. The van der Waals surface area contributed by atoms with Gasteiger partial charge in [-0.2, -0.15) is 0 Å². The number of nitrogens with zero attached hydrogens (tertiary/aromatic N) is 3. The van der Waals surface area contributed by atoms with Crippen LogP contribution in [0.5, 0.6) is 0 Å². The second-order valence-electron chi connectivity index (χ2n) is 3.64. The highest BCUT2D eigenvalue weighted by Gasteiger charge is 2.13. The van der Waals surface area contributed by atoms with E-state index in [-0.39, 0.29) is 12.0 Å². The van der Waals surface area contributed by atoms with Crippen LogP contribution in [0, 0.1) is 12.8 Å². The van der Waals surface area contributed by atoms with Crippen molar-refractivity contribution in [3.8, 4) is 0 Å². The van der Waals surface area contributed by atoms with Gasteiger partial charge in [-0.1, -0.05) is 23.5 Å². The van der Waals surface area contributed by atoms with Crippen molar-refractivity contribution in [3.63, 3.8) is 0 Å². The van der Waals surface area contributed by atoms with Crippen molar-refractivity contribution >= 4 is 17.4 Å². The first-order valence-corrected chi connectivity index (χ1v) is 5.57. The summed E-state index contributed by atoms with van der Waals surface area (Å²) in [4.78, 5) is 6.27. The zero-order chi connectivity index (χ0) is 11.4. The Morgan fingerprint density at radius 1 is 1.47 bits per heavy atom. The number of rotatable bonds is 4. The first kappa shape index (κ1) is 11.9. The molecule has 0 spiro atoms. The summed E-state index contributed by atoms with van der Waals surface area (Å²) in [6, 6.07) is 0. The second-order valence-corrected chi connectivity index (χ2v) is 4.43. The van der Waals surface area contributed by atoms with E-state index in [9.17, 15) is 0 Å². The molecule has 84 valence electrons. The number of aryl methyl sites for hydroxylation is 1. The molecule has 0 saturated heterocycles. The Kier molecular flexibility index (Phi) is 4.02. The van der Waals surface area contributed by atoms with Crippen LogP contribution < -0.4 is 5.73 Å². The second kappa shape index (κ2) is 5.06. The fraction of sp³-hybridized carbons (Fsp3) is 0.667. The Labute approximate surface area is 93.5 Å². The van der Waals surface area contributed by atoms with Gasteiger partial charge in [0.1, 0.15) is 5.84 Å². The average Bonchev–Trinajstić information content (AvgIpc) is 2.60. The summed E-state index contributed by atoms with van der Waals surface area (Å²) in [6.07, 6.45) is -0.151. The van der Waals surface area contributed by atoms with Crippen LogP contribution in [0.1, 0.15) is 37.4 Å². The molecule has 0 bridgehead atoms. The molecule has 6 heteroatoms. The molecular formula is C9H16N4OS. The number of hydrogen-bond donors (Lipinski definition) is 1. The topological polar surface area (TPSA) is 73.4 Å². The molecule has 0 aliphatic heterocycles. The zero-order valence-corrected chi connectivity index (χ0v) is 10.2. The van der Waals surface area contributed by atoms with Gasteiger partial charge in [0, 0.05) is 5.92 Å². The third-order valence-electron chi connectivity index (χ3n) is 1.96. The van der Waals surface area contributed by atoms with Gasteiger partial charge in [0.05, 0.1) is 10.6 Å². The van der Waals surface area contributed by atoms with Crippen LogP contribution in [0.15, 0.2) is 5.16 Å². The Balaban J connectivity index is 2.61. The number of amidine groups is 1. The van der Waals surface area contributed by atoms with Crippen LogP contribution in [-0.2, 0) is 4.84 Å². The summed E-state index contributed by atoms with van der Waals surface area (Å²) in [5, 5.41) is 7.77. The van der Waals surface area contributed by atoms with Gasteiger partial charge in [-0.3, -0.25) is 0 Å². The fourth-order valence-corrected chi connectivity index (χ4v) is 1.52. The maximum absolute atomic E-state index is 5.65. The van der Waals surface area contributed by atoms with Crippen LogP contribution in [0.3, 0.4) is 0 Å². The van der Waals surface area contributed by atoms with Gasteiger partial charge >= 0.3 is 0 Å². The molecule has 1 atom stereocenters. The molecule has 15 heavy (non-hydrogen) atoms. The minimum absolute atomic E-state index is 0.151. The lowest BCUT2D eigenvalue weighted by Gasteiger charge is -2.09. The van der Waals surface area contributed by atoms with E-state index >= 15 is 0 Å². The quantitative estimate of drug-likeness (QED) is 0.485. The fourth-order valence-electron chi connectivity index (χ4n) is 0.903. The standard InChI is InChI=1S/C9H16N4OS/c1-5(2)9(10)12-14-7(4)8-6(3)11-13-15-8/h5,7H,1-4H3,(H2,10,12)/t7-/m0/s1. The van der Waals surface area contributed by atoms with E-state index in [1.165, 1.54) is 11.5 Å². The smallest absolute Gasteiger partial charge is 0.162 e. The van der Waals surface area contributed by atoms with Gasteiger partial charge in [-0.15, -0.1) is 5.10 Å². The Morgan fingerprint density at radius 2 is 2.13 bits per heavy atom. The van der Waals surface area contributed by atoms with Gasteiger partial charge in [0.25, 0.3) is 0 Å². The van der Waals surface area contributed by atoms with Crippen molar-refractivity contribution in [2.45, 2.75) is 33.8 Å². The maximum atomic E-state index is 5.65. The molecule has 0 aliphatic carbocycles. The number of nitrogens with two attached hydrogens (primary N) is 1. The molecule has 0 unspecified atom stereocenters. The van der Waals surface area contributed by atoms with E-state index in [2.05, 4.69) is 14.7 Å². The largest absolute Gasteiger partial charge is 0.385 e. The summed E-state index contributed by atoms with van der Waals surface area (Å²) in [7, 11) is 0. The normalized spacial score (nSPS) is 14.3. The first-order chi connectivity index (χ1) is 7.02. The molecule has 0 amide bonds. The highest BCUT2D eigenvalue weighted by atomic mass is 32.1. The molecule has 1 rings (SSSR count). The van der Waals surface area contributed by atoms with Gasteiger partial charge in [-0.25, -0.2) is 0 Å². The molecule has 0 aliphatic rings. The van der Waals surface area contributed by atoms with E-state index in [0.29, 0.717) is 5.84 Å². The average molecular weight is 228 g/mol. The molecule has 2 N–H and O–H groups in total. The van der Waals surface area contributed by atoms with E-state index in [0.717, 1.165) is 10.6 Å². The molecule has 1 heterocycles. The molecule has 1 aromatic rings. The highest BCUT2D eigenvalue weighted by molar-refractivity contribution is 7.05. The van der Waals surface area contributed by atoms with Gasteiger partial charge < -0.3 is 10.6 Å². The molecule has 0 fully saturated rings. The van der Waals surface area contributed by atoms with E-state index in [4.69, 9.17) is 10.6 Å². The van der Waals surface area contributed by atoms with Crippen molar-refractivity contribution in [2.75, 3.05) is 0 Å². The SMILES string of the molecule is Cc1nnsc1[C@H](C)ON=C(N)C(C)C. The Bertz CT molecular complexity index is 348. The van der Waals surface area contributed by atoms with Crippen LogP contribution in [-0.4, -0.2) is 15.4 Å². The minimum Gasteiger partial charge on any atom is -0.385 e. The van der Waals surface area contributed by atoms with Crippen LogP contribution in [0.2, 0.25) is 0 Å². The highest BCUT2D eigenvalue weighted by Crippen LogP contribution is 2.22. The predicted octanol–water partition coefficient (Wildman–Crippen LogP) is 1.85. The Hall–Kier alpha value is -1.17. The summed E-state index contributed by atoms with van der Waals surface area (Å²) in [6.45, 7) is 7.73. The molecular weight excluding hydrogens is 212 g/mol. The van der Waals surface area contributed by atoms with Gasteiger partial charge in [0.15, 0.2) is 6.10 Å². The summed E-state index contributed by atoms with van der Waals surface area (Å²) in [5.41, 5.74) is 6.53. The third kappa shape index (κ3) is 3.16. The number of hydrogen-bond acceptors (Lipinski definition) is 5. The van der Waals surface area contributed by atoms with Crippen molar-refractivity contribution in [3.05, 3.63) is 10.6 Å². The van der Waals surface area contributed by atoms with Crippen LogP contribution in [0.4, 0.5) is 0 Å². The van der Waals surface area contributed by atoms with Gasteiger partial charge in [0.2, 0.25) is 0 Å². The number of oxime groups is 1. The molecule has 0 aromatic carbocycles. The van der Waals surface area contributed by atoms with Gasteiger partial charge in [-0.05, 0) is 25.4 Å². The third-order valence-corrected chi connectivity index (χ3v) is 2.95. The van der Waals surface area contributed by atoms with E-state index < -0.39 is 0 Å². The molecule has 1 aromatic heterocycles. The van der Waals surface area contributed by atoms with Crippen LogP contribution in [0.25, 0.3) is 0 Å². The molecule has 5 nitrogen and oxygen atoms in total.